The molecule has 0 bridgehead atoms. The van der Waals surface area contributed by atoms with E-state index in [0.717, 1.165) is 35.1 Å². The minimum absolute atomic E-state index is 0.112. The predicted molar refractivity (Wildman–Crippen MR) is 116 cm³/mol. The minimum Gasteiger partial charge on any atom is -0.496 e. The first-order chi connectivity index (χ1) is 13.4. The quantitative estimate of drug-likeness (QED) is 0.539. The number of H-pyrrole nitrogens is 1. The van der Waals surface area contributed by atoms with Gasteiger partial charge in [0.25, 0.3) is 5.91 Å². The molecule has 7 heteroatoms. The third-order valence-electron chi connectivity index (χ3n) is 4.48. The molecule has 0 saturated heterocycles. The number of hydrogen-bond donors (Lipinski definition) is 2. The van der Waals surface area contributed by atoms with Crippen molar-refractivity contribution in [2.45, 2.75) is 6.42 Å². The van der Waals surface area contributed by atoms with Crippen LogP contribution in [0.25, 0.3) is 22.2 Å². The summed E-state index contributed by atoms with van der Waals surface area (Å²) in [5, 5.41) is 4.90. The highest BCUT2D eigenvalue weighted by Crippen LogP contribution is 2.35. The zero-order valence-corrected chi connectivity index (χ0v) is 17.6. The molecule has 0 saturated carbocycles. The van der Waals surface area contributed by atoms with Crippen molar-refractivity contribution in [1.29, 1.82) is 0 Å². The van der Waals surface area contributed by atoms with Crippen molar-refractivity contribution in [2.75, 3.05) is 34.3 Å². The smallest absolute Gasteiger partial charge is 0.251 e. The van der Waals surface area contributed by atoms with Crippen molar-refractivity contribution in [3.05, 3.63) is 52.0 Å². The van der Waals surface area contributed by atoms with Crippen LogP contribution in [0.15, 0.2) is 36.4 Å². The molecule has 0 radical (unpaired) electrons. The van der Waals surface area contributed by atoms with E-state index in [1.165, 1.54) is 0 Å². The Balaban J connectivity index is 1.82. The summed E-state index contributed by atoms with van der Waals surface area (Å²) in [5.74, 6) is 0.503. The summed E-state index contributed by atoms with van der Waals surface area (Å²) in [6.45, 7) is 1.56. The van der Waals surface area contributed by atoms with E-state index >= 15 is 0 Å². The molecule has 5 nitrogen and oxygen atoms in total. The fourth-order valence-corrected chi connectivity index (χ4v) is 3.36. The number of ether oxygens (including phenoxy) is 1. The average Bonchev–Trinajstić information content (AvgIpc) is 3.07. The van der Waals surface area contributed by atoms with E-state index in [-0.39, 0.29) is 5.91 Å². The number of carbonyl (C=O) groups excluding carboxylic acids is 1. The molecule has 3 aromatic rings. The van der Waals surface area contributed by atoms with Gasteiger partial charge in [-0.3, -0.25) is 4.79 Å². The lowest BCUT2D eigenvalue weighted by molar-refractivity contribution is 0.0952. The van der Waals surface area contributed by atoms with Gasteiger partial charge in [-0.1, -0.05) is 23.2 Å². The monoisotopic (exact) mass is 419 g/mol. The van der Waals surface area contributed by atoms with E-state index < -0.39 is 0 Å². The molecule has 0 unspecified atom stereocenters. The van der Waals surface area contributed by atoms with Gasteiger partial charge in [0.05, 0.1) is 22.8 Å². The number of aromatic amines is 1. The maximum atomic E-state index is 12.4. The Hall–Kier alpha value is -2.21. The zero-order chi connectivity index (χ0) is 20.3. The van der Waals surface area contributed by atoms with Gasteiger partial charge in [-0.15, -0.1) is 0 Å². The molecule has 2 aromatic carbocycles. The number of carbonyl (C=O) groups is 1. The van der Waals surface area contributed by atoms with E-state index in [1.807, 2.05) is 32.3 Å². The van der Waals surface area contributed by atoms with Crippen LogP contribution in [0.5, 0.6) is 5.75 Å². The van der Waals surface area contributed by atoms with E-state index in [4.69, 9.17) is 27.9 Å². The second-order valence-electron chi connectivity index (χ2n) is 6.86. The third-order valence-corrected chi connectivity index (χ3v) is 5.21. The number of nitrogens with zero attached hydrogens (tertiary/aromatic N) is 1. The van der Waals surface area contributed by atoms with Crippen molar-refractivity contribution in [3.8, 4) is 17.0 Å². The summed E-state index contributed by atoms with van der Waals surface area (Å²) in [5.41, 5.74) is 3.17. The third kappa shape index (κ3) is 4.61. The van der Waals surface area contributed by atoms with Gasteiger partial charge in [-0.2, -0.15) is 0 Å². The number of halogens is 2. The Kier molecular flexibility index (Phi) is 6.50. The second kappa shape index (κ2) is 8.86. The van der Waals surface area contributed by atoms with Crippen LogP contribution in [0.3, 0.4) is 0 Å². The standard InChI is InChI=1S/C21H23Cl2N3O2/c1-26(2)8-4-7-24-21(27)13-5-6-15(20(11-13)28-3)19-10-14-9-16(22)17(23)12-18(14)25-19/h5-6,9-12,25H,4,7-8H2,1-3H3,(H,24,27). The molecule has 0 atom stereocenters. The van der Waals surface area contributed by atoms with Crippen molar-refractivity contribution in [1.82, 2.24) is 15.2 Å². The van der Waals surface area contributed by atoms with Crippen LogP contribution >= 0.6 is 23.2 Å². The number of hydrogen-bond acceptors (Lipinski definition) is 3. The predicted octanol–water partition coefficient (Wildman–Crippen LogP) is 4.83. The van der Waals surface area contributed by atoms with Crippen molar-refractivity contribution in [3.63, 3.8) is 0 Å². The first-order valence-corrected chi connectivity index (χ1v) is 9.73. The fraction of sp³-hybridized carbons (Fsp3) is 0.286. The number of nitrogens with one attached hydrogen (secondary N) is 2. The first kappa shape index (κ1) is 20.5. The highest BCUT2D eigenvalue weighted by Gasteiger charge is 2.14. The number of aromatic nitrogens is 1. The SMILES string of the molecule is COc1cc(C(=O)NCCCN(C)C)ccc1-c1cc2cc(Cl)c(Cl)cc2[nH]1. The summed E-state index contributed by atoms with van der Waals surface area (Å²) in [6, 6.07) is 11.0. The minimum atomic E-state index is -0.112. The Morgan fingerprint density at radius 2 is 1.89 bits per heavy atom. The Morgan fingerprint density at radius 3 is 2.61 bits per heavy atom. The van der Waals surface area contributed by atoms with Crippen LogP contribution < -0.4 is 10.1 Å². The summed E-state index contributed by atoms with van der Waals surface area (Å²) in [6.07, 6.45) is 0.897. The molecule has 0 fully saturated rings. The van der Waals surface area contributed by atoms with Crippen molar-refractivity contribution in [2.24, 2.45) is 0 Å². The molecule has 28 heavy (non-hydrogen) atoms. The van der Waals surface area contributed by atoms with Crippen molar-refractivity contribution < 1.29 is 9.53 Å². The largest absolute Gasteiger partial charge is 0.496 e. The van der Waals surface area contributed by atoms with E-state index in [0.29, 0.717) is 27.9 Å². The molecule has 148 valence electrons. The summed E-state index contributed by atoms with van der Waals surface area (Å²) in [7, 11) is 5.61. The number of fused-ring (bicyclic) bond motifs is 1. The average molecular weight is 420 g/mol. The lowest BCUT2D eigenvalue weighted by Crippen LogP contribution is -2.27. The van der Waals surface area contributed by atoms with Gasteiger partial charge in [0.2, 0.25) is 0 Å². The molecular formula is C21H23Cl2N3O2. The lowest BCUT2D eigenvalue weighted by Gasteiger charge is -2.12. The number of rotatable bonds is 7. The van der Waals surface area contributed by atoms with Gasteiger partial charge >= 0.3 is 0 Å². The Labute approximate surface area is 174 Å². The molecule has 3 rings (SSSR count). The lowest BCUT2D eigenvalue weighted by atomic mass is 10.1. The van der Waals surface area contributed by atoms with Crippen LogP contribution in [-0.4, -0.2) is 50.1 Å². The van der Waals surface area contributed by atoms with E-state index in [1.54, 1.807) is 25.3 Å². The molecule has 1 aromatic heterocycles. The maximum absolute atomic E-state index is 12.4. The van der Waals surface area contributed by atoms with Crippen LogP contribution in [-0.2, 0) is 0 Å². The van der Waals surface area contributed by atoms with Gasteiger partial charge in [0, 0.05) is 28.6 Å². The molecule has 0 spiro atoms. The van der Waals surface area contributed by atoms with Gasteiger partial charge in [-0.25, -0.2) is 0 Å². The summed E-state index contributed by atoms with van der Waals surface area (Å²) < 4.78 is 5.53. The first-order valence-electron chi connectivity index (χ1n) is 8.98. The van der Waals surface area contributed by atoms with Crippen LogP contribution in [0.4, 0.5) is 0 Å². The summed E-state index contributed by atoms with van der Waals surface area (Å²) in [4.78, 5) is 17.8. The molecule has 0 aliphatic carbocycles. The highest BCUT2D eigenvalue weighted by molar-refractivity contribution is 6.42. The number of methoxy groups -OCH3 is 1. The van der Waals surface area contributed by atoms with E-state index in [9.17, 15) is 4.79 Å². The molecule has 2 N–H and O–H groups in total. The molecule has 1 amide bonds. The molecule has 0 aliphatic heterocycles. The Bertz CT molecular complexity index is 960. The maximum Gasteiger partial charge on any atom is 0.251 e. The van der Waals surface area contributed by atoms with E-state index in [2.05, 4.69) is 15.2 Å². The Morgan fingerprint density at radius 1 is 1.14 bits per heavy atom. The van der Waals surface area contributed by atoms with Gasteiger partial charge in [0.15, 0.2) is 0 Å². The van der Waals surface area contributed by atoms with Gasteiger partial charge in [-0.05, 0) is 63.5 Å². The van der Waals surface area contributed by atoms with Gasteiger partial charge in [0.1, 0.15) is 5.75 Å². The normalized spacial score (nSPS) is 11.2. The van der Waals surface area contributed by atoms with Crippen LogP contribution in [0.2, 0.25) is 10.0 Å². The number of benzene rings is 2. The molecule has 1 heterocycles. The fourth-order valence-electron chi connectivity index (χ4n) is 3.03. The van der Waals surface area contributed by atoms with Crippen molar-refractivity contribution >= 4 is 40.0 Å². The second-order valence-corrected chi connectivity index (χ2v) is 7.68. The zero-order valence-electron chi connectivity index (χ0n) is 16.1. The van der Waals surface area contributed by atoms with Crippen LogP contribution in [0.1, 0.15) is 16.8 Å². The highest BCUT2D eigenvalue weighted by atomic mass is 35.5. The topological polar surface area (TPSA) is 57.4 Å². The molecule has 0 aliphatic rings. The molecular weight excluding hydrogens is 397 g/mol. The number of amides is 1. The van der Waals surface area contributed by atoms with Crippen LogP contribution in [0, 0.1) is 0 Å². The van der Waals surface area contributed by atoms with Gasteiger partial charge < -0.3 is 19.9 Å². The summed E-state index contributed by atoms with van der Waals surface area (Å²) >= 11 is 12.2.